The topological polar surface area (TPSA) is 211 Å². The molecule has 2 atom stereocenters. The first-order chi connectivity index (χ1) is 14.2. The van der Waals surface area contributed by atoms with Crippen molar-refractivity contribution >= 4 is 57.7 Å². The van der Waals surface area contributed by atoms with E-state index in [4.69, 9.17) is 16.6 Å². The molecule has 30 heavy (non-hydrogen) atoms. The molecule has 7 N–H and O–H groups in total. The normalized spacial score (nSPS) is 21.0. The van der Waals surface area contributed by atoms with Crippen LogP contribution in [-0.4, -0.2) is 79.9 Å². The Balaban J connectivity index is 1.79. The van der Waals surface area contributed by atoms with E-state index in [1.54, 1.807) is 0 Å². The minimum absolute atomic E-state index is 0.00880. The summed E-state index contributed by atoms with van der Waals surface area (Å²) in [5, 5.41) is 25.0. The number of fused-ring (bicyclic) bond motifs is 1. The lowest BCUT2D eigenvalue weighted by molar-refractivity contribution is -0.150. The van der Waals surface area contributed by atoms with E-state index in [2.05, 4.69) is 20.3 Å². The van der Waals surface area contributed by atoms with Crippen molar-refractivity contribution in [1.82, 2.24) is 15.2 Å². The SMILES string of the molecule is NCC1=C(C(=O)O)N2C(=O)C(NC(=O)C(=NOCC(=O)O)c3csc(N)n3)[C@@H]2SC1. The average molecular weight is 456 g/mol. The molecule has 15 heteroatoms. The van der Waals surface area contributed by atoms with Crippen LogP contribution in [0, 0.1) is 0 Å². The second kappa shape index (κ2) is 8.68. The van der Waals surface area contributed by atoms with Crippen molar-refractivity contribution in [2.75, 3.05) is 24.6 Å². The van der Waals surface area contributed by atoms with Gasteiger partial charge in [-0.05, 0) is 5.57 Å². The molecular weight excluding hydrogens is 440 g/mol. The third-order valence-corrected chi connectivity index (χ3v) is 6.12. The fourth-order valence-corrected chi connectivity index (χ4v) is 4.71. The molecule has 0 bridgehead atoms. The largest absolute Gasteiger partial charge is 0.479 e. The number of thioether (sulfide) groups is 1. The average Bonchev–Trinajstić information content (AvgIpc) is 3.13. The summed E-state index contributed by atoms with van der Waals surface area (Å²) in [6, 6.07) is -1.02. The first-order valence-electron chi connectivity index (χ1n) is 8.28. The molecule has 0 spiro atoms. The molecule has 0 saturated carbocycles. The van der Waals surface area contributed by atoms with Crippen LogP contribution < -0.4 is 16.8 Å². The summed E-state index contributed by atoms with van der Waals surface area (Å²) in [6.45, 7) is -0.801. The van der Waals surface area contributed by atoms with E-state index < -0.39 is 41.8 Å². The van der Waals surface area contributed by atoms with E-state index in [9.17, 15) is 24.3 Å². The predicted molar refractivity (Wildman–Crippen MR) is 105 cm³/mol. The molecule has 2 aliphatic rings. The van der Waals surface area contributed by atoms with Crippen molar-refractivity contribution in [2.45, 2.75) is 11.4 Å². The zero-order chi connectivity index (χ0) is 22.0. The Morgan fingerprint density at radius 2 is 2.13 bits per heavy atom. The molecule has 0 aromatic carbocycles. The number of amides is 2. The van der Waals surface area contributed by atoms with E-state index in [1.165, 1.54) is 17.1 Å². The molecule has 0 aliphatic carbocycles. The van der Waals surface area contributed by atoms with Crippen LogP contribution in [0.4, 0.5) is 5.13 Å². The number of β-lactam (4-membered cyclic amide) rings is 1. The molecule has 1 fully saturated rings. The van der Waals surface area contributed by atoms with Gasteiger partial charge in [-0.2, -0.15) is 0 Å². The van der Waals surface area contributed by atoms with E-state index in [1.807, 2.05) is 0 Å². The van der Waals surface area contributed by atoms with Gasteiger partial charge >= 0.3 is 11.9 Å². The quantitative estimate of drug-likeness (QED) is 0.168. The number of hydrogen-bond donors (Lipinski definition) is 5. The standard InChI is InChI=1S/C15H16N6O7S2/c16-1-5-3-29-13-9(12(25)21(13)10(5)14(26)27)19-11(24)8(20-28-2-7(22)23)6-4-30-15(17)18-6/h4,9,13H,1-3,16H2,(H2,17,18)(H,19,24)(H,22,23)(H,26,27)/t9?,13-/m0/s1. The molecule has 1 aromatic heterocycles. The van der Waals surface area contributed by atoms with Crippen molar-refractivity contribution in [3.8, 4) is 0 Å². The third kappa shape index (κ3) is 4.07. The summed E-state index contributed by atoms with van der Waals surface area (Å²) >= 11 is 2.29. The highest BCUT2D eigenvalue weighted by Crippen LogP contribution is 2.40. The fourth-order valence-electron chi connectivity index (χ4n) is 2.80. The number of carbonyl (C=O) groups is 4. The minimum atomic E-state index is -1.30. The van der Waals surface area contributed by atoms with Gasteiger partial charge in [-0.3, -0.25) is 14.5 Å². The van der Waals surface area contributed by atoms with E-state index in [-0.39, 0.29) is 28.8 Å². The number of oxime groups is 1. The van der Waals surface area contributed by atoms with E-state index in [0.29, 0.717) is 11.3 Å². The summed E-state index contributed by atoms with van der Waals surface area (Å²) in [7, 11) is 0. The molecule has 1 saturated heterocycles. The third-order valence-electron chi connectivity index (χ3n) is 4.11. The molecule has 3 rings (SSSR count). The zero-order valence-electron chi connectivity index (χ0n) is 15.1. The van der Waals surface area contributed by atoms with Crippen molar-refractivity contribution in [2.24, 2.45) is 10.9 Å². The van der Waals surface area contributed by atoms with Crippen molar-refractivity contribution in [1.29, 1.82) is 0 Å². The number of hydrogen-bond acceptors (Lipinski definition) is 11. The molecule has 13 nitrogen and oxygen atoms in total. The molecule has 1 unspecified atom stereocenters. The van der Waals surface area contributed by atoms with Crippen LogP contribution in [0.3, 0.4) is 0 Å². The summed E-state index contributed by atoms with van der Waals surface area (Å²) < 4.78 is 0. The summed E-state index contributed by atoms with van der Waals surface area (Å²) in [4.78, 5) is 57.1. The van der Waals surface area contributed by atoms with Gasteiger partial charge in [0.25, 0.3) is 11.8 Å². The second-order valence-corrected chi connectivity index (χ2v) is 8.00. The van der Waals surface area contributed by atoms with Crippen LogP contribution in [0.2, 0.25) is 0 Å². The van der Waals surface area contributed by atoms with E-state index in [0.717, 1.165) is 16.2 Å². The number of thiazole rings is 1. The Morgan fingerprint density at radius 3 is 2.70 bits per heavy atom. The van der Waals surface area contributed by atoms with Crippen molar-refractivity contribution < 1.29 is 34.2 Å². The number of nitrogens with two attached hydrogens (primary N) is 2. The maximum absolute atomic E-state index is 12.7. The molecule has 160 valence electrons. The lowest BCUT2D eigenvalue weighted by Crippen LogP contribution is -2.71. The molecule has 1 aromatic rings. The number of aromatic nitrogens is 1. The lowest BCUT2D eigenvalue weighted by Gasteiger charge is -2.49. The van der Waals surface area contributed by atoms with Gasteiger partial charge in [0.1, 0.15) is 22.8 Å². The molecule has 2 amide bonds. The Hall–Kier alpha value is -3.17. The number of nitrogens with one attached hydrogen (secondary N) is 1. The molecular formula is C15H16N6O7S2. The van der Waals surface area contributed by atoms with Crippen molar-refractivity contribution in [3.63, 3.8) is 0 Å². The maximum atomic E-state index is 12.7. The Morgan fingerprint density at radius 1 is 1.40 bits per heavy atom. The van der Waals surface area contributed by atoms with E-state index >= 15 is 0 Å². The lowest BCUT2D eigenvalue weighted by atomic mass is 10.0. The number of carbonyl (C=O) groups excluding carboxylic acids is 2. The number of anilines is 1. The Kier molecular flexibility index (Phi) is 6.23. The zero-order valence-corrected chi connectivity index (χ0v) is 16.7. The molecule has 2 aliphatic heterocycles. The summed E-state index contributed by atoms with van der Waals surface area (Å²) in [6.07, 6.45) is 0. The van der Waals surface area contributed by atoms with Gasteiger partial charge in [-0.15, -0.1) is 23.1 Å². The number of carboxylic acid groups (broad SMARTS) is 2. The van der Waals surface area contributed by atoms with Gasteiger partial charge in [0.05, 0.1) is 0 Å². The first kappa shape index (κ1) is 21.5. The molecule has 0 radical (unpaired) electrons. The highest BCUT2D eigenvalue weighted by atomic mass is 32.2. The highest BCUT2D eigenvalue weighted by molar-refractivity contribution is 8.00. The van der Waals surface area contributed by atoms with Gasteiger partial charge < -0.3 is 31.8 Å². The van der Waals surface area contributed by atoms with Gasteiger partial charge in [0.2, 0.25) is 6.61 Å². The number of nitrogen functional groups attached to an aromatic ring is 1. The monoisotopic (exact) mass is 456 g/mol. The summed E-state index contributed by atoms with van der Waals surface area (Å²) in [5.41, 5.74) is 11.0. The van der Waals surface area contributed by atoms with Gasteiger partial charge in [-0.25, -0.2) is 14.6 Å². The van der Waals surface area contributed by atoms with Crippen LogP contribution in [0.15, 0.2) is 21.8 Å². The van der Waals surface area contributed by atoms with Gasteiger partial charge in [-0.1, -0.05) is 5.16 Å². The van der Waals surface area contributed by atoms with Crippen LogP contribution in [-0.2, 0) is 24.0 Å². The van der Waals surface area contributed by atoms with Crippen LogP contribution >= 0.6 is 23.1 Å². The van der Waals surface area contributed by atoms with Crippen LogP contribution in [0.25, 0.3) is 0 Å². The van der Waals surface area contributed by atoms with Gasteiger partial charge in [0, 0.05) is 17.7 Å². The molecule has 3 heterocycles. The smallest absolute Gasteiger partial charge is 0.352 e. The second-order valence-electron chi connectivity index (χ2n) is 6.00. The summed E-state index contributed by atoms with van der Waals surface area (Å²) in [5.74, 6) is -3.75. The fraction of sp³-hybridized carbons (Fsp3) is 0.333. The van der Waals surface area contributed by atoms with Crippen LogP contribution in [0.1, 0.15) is 5.69 Å². The number of carboxylic acids is 2. The number of rotatable bonds is 8. The predicted octanol–water partition coefficient (Wildman–Crippen LogP) is -1.77. The number of nitrogens with zero attached hydrogens (tertiary/aromatic N) is 3. The van der Waals surface area contributed by atoms with Crippen LogP contribution in [0.5, 0.6) is 0 Å². The minimum Gasteiger partial charge on any atom is -0.479 e. The van der Waals surface area contributed by atoms with Crippen molar-refractivity contribution in [3.05, 3.63) is 22.3 Å². The Bertz CT molecular complexity index is 974. The highest BCUT2D eigenvalue weighted by Gasteiger charge is 2.54. The maximum Gasteiger partial charge on any atom is 0.352 e. The van der Waals surface area contributed by atoms with Gasteiger partial charge in [0.15, 0.2) is 10.8 Å². The first-order valence-corrected chi connectivity index (χ1v) is 10.2. The number of aliphatic carboxylic acids is 2. The Labute approximate surface area is 176 Å².